The molecule has 126 valence electrons. The van der Waals surface area contributed by atoms with Crippen molar-refractivity contribution >= 4 is 22.6 Å². The molecule has 0 saturated carbocycles. The van der Waals surface area contributed by atoms with Gasteiger partial charge in [-0.3, -0.25) is 0 Å². The SMILES string of the molecule is OCCc1nc2ccccc2n1CCCCOc1ccccc1Cl. The molecule has 0 amide bonds. The van der Waals surface area contributed by atoms with Crippen LogP contribution in [0.25, 0.3) is 11.0 Å². The molecule has 0 fully saturated rings. The van der Waals surface area contributed by atoms with Gasteiger partial charge in [-0.2, -0.15) is 0 Å². The Labute approximate surface area is 146 Å². The molecule has 0 bridgehead atoms. The summed E-state index contributed by atoms with van der Waals surface area (Å²) < 4.78 is 7.92. The van der Waals surface area contributed by atoms with Gasteiger partial charge in [0.05, 0.1) is 29.3 Å². The van der Waals surface area contributed by atoms with Crippen LogP contribution in [0, 0.1) is 0 Å². The quantitative estimate of drug-likeness (QED) is 0.626. The van der Waals surface area contributed by atoms with Crippen molar-refractivity contribution in [2.45, 2.75) is 25.8 Å². The summed E-state index contributed by atoms with van der Waals surface area (Å²) >= 11 is 6.08. The lowest BCUT2D eigenvalue weighted by Gasteiger charge is -2.10. The van der Waals surface area contributed by atoms with Crippen molar-refractivity contribution in [1.82, 2.24) is 9.55 Å². The fourth-order valence-corrected chi connectivity index (χ4v) is 2.97. The van der Waals surface area contributed by atoms with Crippen LogP contribution in [0.2, 0.25) is 5.02 Å². The van der Waals surface area contributed by atoms with E-state index in [1.807, 2.05) is 42.5 Å². The largest absolute Gasteiger partial charge is 0.492 e. The Kier molecular flexibility index (Phi) is 5.72. The molecule has 3 aromatic rings. The number of para-hydroxylation sites is 3. The predicted molar refractivity (Wildman–Crippen MR) is 96.7 cm³/mol. The summed E-state index contributed by atoms with van der Waals surface area (Å²) in [6.07, 6.45) is 2.48. The first kappa shape index (κ1) is 16.8. The molecule has 0 aliphatic heterocycles. The van der Waals surface area contributed by atoms with Crippen LogP contribution in [0.15, 0.2) is 48.5 Å². The number of benzene rings is 2. The number of rotatable bonds is 8. The van der Waals surface area contributed by atoms with E-state index >= 15 is 0 Å². The summed E-state index contributed by atoms with van der Waals surface area (Å²) in [5, 5.41) is 9.89. The Morgan fingerprint density at radius 1 is 1.04 bits per heavy atom. The van der Waals surface area contributed by atoms with Crippen LogP contribution in [-0.4, -0.2) is 27.9 Å². The Morgan fingerprint density at radius 3 is 2.67 bits per heavy atom. The lowest BCUT2D eigenvalue weighted by Crippen LogP contribution is -2.07. The lowest BCUT2D eigenvalue weighted by atomic mass is 10.3. The molecule has 2 aromatic carbocycles. The van der Waals surface area contributed by atoms with Gasteiger partial charge in [0, 0.05) is 13.0 Å². The topological polar surface area (TPSA) is 47.3 Å². The zero-order chi connectivity index (χ0) is 16.8. The second-order valence-corrected chi connectivity index (χ2v) is 6.04. The van der Waals surface area contributed by atoms with Gasteiger partial charge in [0.15, 0.2) is 0 Å². The van der Waals surface area contributed by atoms with E-state index in [1.165, 1.54) is 0 Å². The number of ether oxygens (including phenoxy) is 1. The number of imidazole rings is 1. The van der Waals surface area contributed by atoms with Gasteiger partial charge in [-0.1, -0.05) is 35.9 Å². The molecule has 0 unspecified atom stereocenters. The third kappa shape index (κ3) is 3.89. The van der Waals surface area contributed by atoms with Gasteiger partial charge in [0.2, 0.25) is 0 Å². The fourth-order valence-electron chi connectivity index (χ4n) is 2.78. The first-order valence-corrected chi connectivity index (χ1v) is 8.59. The van der Waals surface area contributed by atoms with Crippen LogP contribution in [0.4, 0.5) is 0 Å². The number of hydrogen-bond acceptors (Lipinski definition) is 3. The summed E-state index contributed by atoms with van der Waals surface area (Å²) in [7, 11) is 0. The number of aromatic nitrogens is 2. The highest BCUT2D eigenvalue weighted by Crippen LogP contribution is 2.23. The van der Waals surface area contributed by atoms with Crippen molar-refractivity contribution in [3.05, 3.63) is 59.4 Å². The normalized spacial score (nSPS) is 11.1. The van der Waals surface area contributed by atoms with Gasteiger partial charge in [-0.15, -0.1) is 0 Å². The molecule has 0 saturated heterocycles. The number of hydrogen-bond donors (Lipinski definition) is 1. The Balaban J connectivity index is 1.57. The fraction of sp³-hybridized carbons (Fsp3) is 0.316. The van der Waals surface area contributed by atoms with Crippen molar-refractivity contribution in [3.63, 3.8) is 0 Å². The molecule has 1 N–H and O–H groups in total. The number of aliphatic hydroxyl groups is 1. The van der Waals surface area contributed by atoms with Gasteiger partial charge in [-0.05, 0) is 37.1 Å². The van der Waals surface area contributed by atoms with E-state index in [0.29, 0.717) is 18.1 Å². The van der Waals surface area contributed by atoms with Crippen molar-refractivity contribution in [3.8, 4) is 5.75 Å². The summed E-state index contributed by atoms with van der Waals surface area (Å²) in [5.41, 5.74) is 2.10. The van der Waals surface area contributed by atoms with Crippen LogP contribution in [0.1, 0.15) is 18.7 Å². The van der Waals surface area contributed by atoms with E-state index in [1.54, 1.807) is 0 Å². The molecule has 3 rings (SSSR count). The minimum atomic E-state index is 0.110. The molecule has 24 heavy (non-hydrogen) atoms. The van der Waals surface area contributed by atoms with Crippen LogP contribution >= 0.6 is 11.6 Å². The highest BCUT2D eigenvalue weighted by atomic mass is 35.5. The zero-order valence-corrected chi connectivity index (χ0v) is 14.2. The maximum absolute atomic E-state index is 9.25. The lowest BCUT2D eigenvalue weighted by molar-refractivity contribution is 0.292. The minimum absolute atomic E-state index is 0.110. The number of fused-ring (bicyclic) bond motifs is 1. The molecule has 1 aromatic heterocycles. The maximum Gasteiger partial charge on any atom is 0.137 e. The van der Waals surface area contributed by atoms with Gasteiger partial charge in [0.1, 0.15) is 11.6 Å². The highest BCUT2D eigenvalue weighted by Gasteiger charge is 2.09. The number of unbranched alkanes of at least 4 members (excludes halogenated alkanes) is 1. The van der Waals surface area contributed by atoms with Crippen molar-refractivity contribution in [2.24, 2.45) is 0 Å². The molecule has 0 spiro atoms. The van der Waals surface area contributed by atoms with Crippen LogP contribution in [0.3, 0.4) is 0 Å². The summed E-state index contributed by atoms with van der Waals surface area (Å²) in [4.78, 5) is 4.61. The summed E-state index contributed by atoms with van der Waals surface area (Å²) in [6.45, 7) is 1.60. The molecule has 0 atom stereocenters. The predicted octanol–water partition coefficient (Wildman–Crippen LogP) is 4.08. The molecule has 1 heterocycles. The van der Waals surface area contributed by atoms with Crippen LogP contribution in [-0.2, 0) is 13.0 Å². The smallest absolute Gasteiger partial charge is 0.137 e. The maximum atomic E-state index is 9.25. The molecule has 0 aliphatic carbocycles. The van der Waals surface area contributed by atoms with Gasteiger partial charge in [0.25, 0.3) is 0 Å². The Bertz CT molecular complexity index is 801. The second-order valence-electron chi connectivity index (χ2n) is 5.63. The van der Waals surface area contributed by atoms with E-state index < -0.39 is 0 Å². The van der Waals surface area contributed by atoms with Gasteiger partial charge >= 0.3 is 0 Å². The van der Waals surface area contributed by atoms with Crippen molar-refractivity contribution < 1.29 is 9.84 Å². The average molecular weight is 345 g/mol. The second kappa shape index (κ2) is 8.18. The van der Waals surface area contributed by atoms with Gasteiger partial charge in [-0.25, -0.2) is 4.98 Å². The molecule has 5 heteroatoms. The van der Waals surface area contributed by atoms with Crippen LogP contribution in [0.5, 0.6) is 5.75 Å². The van der Waals surface area contributed by atoms with E-state index in [0.717, 1.165) is 42.0 Å². The van der Waals surface area contributed by atoms with E-state index in [2.05, 4.69) is 15.6 Å². The first-order chi connectivity index (χ1) is 11.8. The summed E-state index contributed by atoms with van der Waals surface area (Å²) in [5.74, 6) is 1.67. The third-order valence-corrected chi connectivity index (χ3v) is 4.25. The standard InChI is InChI=1S/C19H21ClN2O2/c20-15-7-1-4-10-18(15)24-14-6-5-12-22-17-9-3-2-8-16(17)21-19(22)11-13-23/h1-4,7-10,23H,5-6,11-14H2. The number of aliphatic hydroxyl groups excluding tert-OH is 1. The minimum Gasteiger partial charge on any atom is -0.492 e. The van der Waals surface area contributed by atoms with Crippen molar-refractivity contribution in [1.29, 1.82) is 0 Å². The molecular formula is C19H21ClN2O2. The van der Waals surface area contributed by atoms with E-state index in [-0.39, 0.29) is 6.61 Å². The highest BCUT2D eigenvalue weighted by molar-refractivity contribution is 6.32. The molecule has 0 aliphatic rings. The van der Waals surface area contributed by atoms with E-state index in [4.69, 9.17) is 16.3 Å². The zero-order valence-electron chi connectivity index (χ0n) is 13.5. The van der Waals surface area contributed by atoms with Gasteiger partial charge < -0.3 is 14.4 Å². The first-order valence-electron chi connectivity index (χ1n) is 8.22. The average Bonchev–Trinajstić information content (AvgIpc) is 2.94. The molecule has 0 radical (unpaired) electrons. The van der Waals surface area contributed by atoms with E-state index in [9.17, 15) is 5.11 Å². The Morgan fingerprint density at radius 2 is 1.83 bits per heavy atom. The summed E-state index contributed by atoms with van der Waals surface area (Å²) in [6, 6.07) is 15.6. The third-order valence-electron chi connectivity index (χ3n) is 3.94. The Hall–Kier alpha value is -2.04. The number of nitrogens with zero attached hydrogens (tertiary/aromatic N) is 2. The molecule has 4 nitrogen and oxygen atoms in total. The van der Waals surface area contributed by atoms with Crippen LogP contribution < -0.4 is 4.74 Å². The monoisotopic (exact) mass is 344 g/mol. The number of halogens is 1. The molecular weight excluding hydrogens is 324 g/mol. The van der Waals surface area contributed by atoms with Crippen molar-refractivity contribution in [2.75, 3.05) is 13.2 Å². The number of aryl methyl sites for hydroxylation is 1.